The topological polar surface area (TPSA) is 78.0 Å². The molecule has 0 fully saturated rings. The molecule has 1 aromatic heterocycles. The summed E-state index contributed by atoms with van der Waals surface area (Å²) in [6.07, 6.45) is -4.68. The predicted octanol–water partition coefficient (Wildman–Crippen LogP) is 3.34. The second-order valence-corrected chi connectivity index (χ2v) is 6.93. The summed E-state index contributed by atoms with van der Waals surface area (Å²) in [7, 11) is -3.94. The van der Waals surface area contributed by atoms with Crippen LogP contribution >= 0.6 is 0 Å². The fraction of sp³-hybridized carbons (Fsp3) is 0.0625. The molecule has 0 aliphatic rings. The Morgan fingerprint density at radius 1 is 0.962 bits per heavy atom. The monoisotopic (exact) mass is 384 g/mol. The van der Waals surface area contributed by atoms with Gasteiger partial charge in [0, 0.05) is 5.56 Å². The van der Waals surface area contributed by atoms with Gasteiger partial charge < -0.3 is 0 Å². The van der Waals surface area contributed by atoms with Gasteiger partial charge in [-0.3, -0.25) is 0 Å². The summed E-state index contributed by atoms with van der Waals surface area (Å²) in [6.45, 7) is 0. The molecular weight excluding hydrogens is 373 g/mol. The first-order valence-electron chi connectivity index (χ1n) is 7.12. The molecule has 136 valence electrons. The molecule has 0 amide bonds. The minimum absolute atomic E-state index is 0.0701. The highest BCUT2D eigenvalue weighted by Crippen LogP contribution is 2.33. The number of hydrogen-bond donors (Lipinski definition) is 1. The lowest BCUT2D eigenvalue weighted by Gasteiger charge is -2.08. The Morgan fingerprint density at radius 2 is 1.54 bits per heavy atom. The standard InChI is InChI=1S/C16H11F4N3O2S/c17-11-3-1-10(2-4-11)14-9-15(16(18,19)20)22-23(14)12-5-7-13(8-6-12)26(21,24)25/h1-9H,(H2,21,24,25)/i17-1. The maximum absolute atomic E-state index is 13.1. The van der Waals surface area contributed by atoms with E-state index in [1.54, 1.807) is 0 Å². The van der Waals surface area contributed by atoms with Gasteiger partial charge in [0.2, 0.25) is 10.0 Å². The Kier molecular flexibility index (Phi) is 4.32. The van der Waals surface area contributed by atoms with E-state index in [1.165, 1.54) is 24.3 Å². The molecular formula is C16H11F4N3O2S. The van der Waals surface area contributed by atoms with E-state index in [2.05, 4.69) is 5.10 Å². The van der Waals surface area contributed by atoms with Crippen LogP contribution in [0, 0.1) is 5.82 Å². The minimum Gasteiger partial charge on any atom is -0.233 e. The van der Waals surface area contributed by atoms with Crippen molar-refractivity contribution in [3.63, 3.8) is 0 Å². The molecule has 0 spiro atoms. The van der Waals surface area contributed by atoms with Crippen LogP contribution in [0.3, 0.4) is 0 Å². The lowest BCUT2D eigenvalue weighted by atomic mass is 10.1. The van der Waals surface area contributed by atoms with Crippen LogP contribution in [-0.2, 0) is 16.2 Å². The zero-order chi connectivity index (χ0) is 19.1. The molecule has 26 heavy (non-hydrogen) atoms. The van der Waals surface area contributed by atoms with Crippen molar-refractivity contribution < 1.29 is 26.0 Å². The number of hydrogen-bond acceptors (Lipinski definition) is 3. The van der Waals surface area contributed by atoms with Gasteiger partial charge >= 0.3 is 6.18 Å². The summed E-state index contributed by atoms with van der Waals surface area (Å²) in [6, 6.07) is 10.6. The molecule has 5 nitrogen and oxygen atoms in total. The fourth-order valence-corrected chi connectivity index (χ4v) is 2.84. The number of primary sulfonamides is 1. The summed E-state index contributed by atoms with van der Waals surface area (Å²) >= 11 is 0. The highest BCUT2D eigenvalue weighted by atomic mass is 32.2. The van der Waals surface area contributed by atoms with Gasteiger partial charge in [0.1, 0.15) is 5.82 Å². The van der Waals surface area contributed by atoms with Crippen molar-refractivity contribution in [3.05, 3.63) is 66.1 Å². The van der Waals surface area contributed by atoms with E-state index in [0.717, 1.165) is 35.0 Å². The fourth-order valence-electron chi connectivity index (χ4n) is 2.32. The van der Waals surface area contributed by atoms with Crippen molar-refractivity contribution in [1.82, 2.24) is 9.78 Å². The number of nitrogens with two attached hydrogens (primary N) is 1. The lowest BCUT2D eigenvalue weighted by Crippen LogP contribution is -2.12. The first kappa shape index (κ1) is 18.1. The Balaban J connectivity index is 2.16. The third-order valence-electron chi connectivity index (χ3n) is 3.55. The second-order valence-electron chi connectivity index (χ2n) is 5.37. The highest BCUT2D eigenvalue weighted by molar-refractivity contribution is 7.89. The molecule has 0 bridgehead atoms. The maximum Gasteiger partial charge on any atom is 0.435 e. The molecule has 0 saturated carbocycles. The molecule has 0 atom stereocenters. The number of rotatable bonds is 3. The summed E-state index contributed by atoms with van der Waals surface area (Å²) in [4.78, 5) is -0.187. The number of alkyl halides is 3. The molecule has 0 radical (unpaired) electrons. The summed E-state index contributed by atoms with van der Waals surface area (Å²) < 4.78 is 75.9. The van der Waals surface area contributed by atoms with E-state index in [0.29, 0.717) is 5.56 Å². The molecule has 2 aromatic carbocycles. The Morgan fingerprint density at radius 3 is 2.04 bits per heavy atom. The van der Waals surface area contributed by atoms with Crippen LogP contribution in [-0.4, -0.2) is 18.2 Å². The van der Waals surface area contributed by atoms with Crippen LogP contribution < -0.4 is 5.14 Å². The van der Waals surface area contributed by atoms with Crippen LogP contribution in [0.2, 0.25) is 0 Å². The van der Waals surface area contributed by atoms with E-state index in [4.69, 9.17) is 5.14 Å². The van der Waals surface area contributed by atoms with E-state index in [9.17, 15) is 26.0 Å². The third-order valence-corrected chi connectivity index (χ3v) is 4.48. The van der Waals surface area contributed by atoms with Crippen molar-refractivity contribution in [3.8, 4) is 16.9 Å². The van der Waals surface area contributed by atoms with Gasteiger partial charge in [0.25, 0.3) is 0 Å². The second kappa shape index (κ2) is 6.22. The lowest BCUT2D eigenvalue weighted by molar-refractivity contribution is -0.141. The average molecular weight is 384 g/mol. The van der Waals surface area contributed by atoms with Crippen molar-refractivity contribution >= 4 is 10.0 Å². The number of halogens is 4. The summed E-state index contributed by atoms with van der Waals surface area (Å²) in [5.74, 6) is -0.534. The maximum atomic E-state index is 13.1. The van der Waals surface area contributed by atoms with Crippen molar-refractivity contribution in [1.29, 1.82) is 0 Å². The van der Waals surface area contributed by atoms with Gasteiger partial charge in [0.15, 0.2) is 5.69 Å². The SMILES string of the molecule is NS(=O)(=O)c1ccc(-n2nc(C(F)(F)F)cc2-c2ccc([18F])cc2)cc1. The average Bonchev–Trinajstić information content (AvgIpc) is 3.00. The summed E-state index contributed by atoms with van der Waals surface area (Å²) in [5.41, 5.74) is -0.565. The molecule has 0 aliphatic heterocycles. The van der Waals surface area contributed by atoms with Gasteiger partial charge in [-0.1, -0.05) is 0 Å². The Hall–Kier alpha value is -2.72. The largest absolute Gasteiger partial charge is 0.435 e. The van der Waals surface area contributed by atoms with E-state index >= 15 is 0 Å². The number of aromatic nitrogens is 2. The highest BCUT2D eigenvalue weighted by Gasteiger charge is 2.35. The zero-order valence-electron chi connectivity index (χ0n) is 12.9. The molecule has 0 saturated heterocycles. The van der Waals surface area contributed by atoms with Crippen LogP contribution in [0.4, 0.5) is 17.6 Å². The third kappa shape index (κ3) is 3.60. The molecule has 1 heterocycles. The predicted molar refractivity (Wildman–Crippen MR) is 85.3 cm³/mol. The van der Waals surface area contributed by atoms with Gasteiger partial charge in [0.05, 0.1) is 16.3 Å². The van der Waals surface area contributed by atoms with E-state index in [1.807, 2.05) is 0 Å². The Bertz CT molecular complexity index is 1040. The molecule has 0 aliphatic carbocycles. The molecule has 3 aromatic rings. The first-order chi connectivity index (χ1) is 12.1. The van der Waals surface area contributed by atoms with Crippen molar-refractivity contribution in [2.75, 3.05) is 0 Å². The summed E-state index contributed by atoms with van der Waals surface area (Å²) in [5, 5.41) is 8.57. The van der Waals surface area contributed by atoms with Crippen LogP contribution in [0.25, 0.3) is 16.9 Å². The number of nitrogens with zero attached hydrogens (tertiary/aromatic N) is 2. The van der Waals surface area contributed by atoms with Crippen molar-refractivity contribution in [2.24, 2.45) is 5.14 Å². The van der Waals surface area contributed by atoms with Crippen LogP contribution in [0.1, 0.15) is 5.69 Å². The molecule has 10 heteroatoms. The van der Waals surface area contributed by atoms with Gasteiger partial charge in [-0.05, 0) is 54.6 Å². The molecule has 2 N–H and O–H groups in total. The quantitative estimate of drug-likeness (QED) is 0.704. The van der Waals surface area contributed by atoms with Crippen molar-refractivity contribution in [2.45, 2.75) is 11.1 Å². The smallest absolute Gasteiger partial charge is 0.233 e. The minimum atomic E-state index is -4.68. The molecule has 0 unspecified atom stereocenters. The first-order valence-corrected chi connectivity index (χ1v) is 8.67. The van der Waals surface area contributed by atoms with Gasteiger partial charge in [-0.25, -0.2) is 22.6 Å². The zero-order valence-corrected chi connectivity index (χ0v) is 13.7. The number of sulfonamides is 1. The van der Waals surface area contributed by atoms with Crippen LogP contribution in [0.5, 0.6) is 0 Å². The Labute approximate surface area is 145 Å². The van der Waals surface area contributed by atoms with E-state index in [-0.39, 0.29) is 16.3 Å². The van der Waals surface area contributed by atoms with Crippen LogP contribution in [0.15, 0.2) is 59.5 Å². The number of benzene rings is 2. The van der Waals surface area contributed by atoms with E-state index < -0.39 is 27.7 Å². The normalized spacial score (nSPS) is 12.3. The van der Waals surface area contributed by atoms with Gasteiger partial charge in [-0.15, -0.1) is 0 Å². The molecule has 3 rings (SSSR count). The van der Waals surface area contributed by atoms with Gasteiger partial charge in [-0.2, -0.15) is 18.3 Å².